The number of benzene rings is 2. The molecule has 4 rings (SSSR count). The maximum atomic E-state index is 12.9. The zero-order chi connectivity index (χ0) is 22.0. The molecule has 1 aromatic heterocycles. The molecule has 1 aliphatic heterocycles. The van der Waals surface area contributed by atoms with E-state index >= 15 is 0 Å². The fourth-order valence-corrected chi connectivity index (χ4v) is 3.46. The Hall–Kier alpha value is -3.49. The van der Waals surface area contributed by atoms with Crippen molar-refractivity contribution in [2.24, 2.45) is 0 Å². The Balaban J connectivity index is 1.33. The van der Waals surface area contributed by atoms with E-state index in [0.717, 1.165) is 17.5 Å². The summed E-state index contributed by atoms with van der Waals surface area (Å²) in [5.74, 6) is 0.177. The molecule has 2 aromatic carbocycles. The van der Waals surface area contributed by atoms with Crippen molar-refractivity contribution < 1.29 is 27.1 Å². The van der Waals surface area contributed by atoms with Gasteiger partial charge in [-0.2, -0.15) is 13.2 Å². The summed E-state index contributed by atoms with van der Waals surface area (Å²) in [5, 5.41) is 0.740. The molecule has 6 nitrogen and oxygen atoms in total. The van der Waals surface area contributed by atoms with E-state index < -0.39 is 17.4 Å². The molecular weight excluding hydrogens is 413 g/mol. The van der Waals surface area contributed by atoms with Crippen LogP contribution in [0.2, 0.25) is 0 Å². The number of hydrogen-bond acceptors (Lipinski definition) is 5. The second kappa shape index (κ2) is 8.33. The number of halogens is 3. The van der Waals surface area contributed by atoms with Crippen LogP contribution in [-0.4, -0.2) is 43.6 Å². The second-order valence-electron chi connectivity index (χ2n) is 7.16. The first-order valence-corrected chi connectivity index (χ1v) is 9.66. The van der Waals surface area contributed by atoms with Crippen LogP contribution in [0.1, 0.15) is 5.56 Å². The van der Waals surface area contributed by atoms with Crippen LogP contribution >= 0.6 is 0 Å². The number of ether oxygens (including phenoxy) is 1. The van der Waals surface area contributed by atoms with Gasteiger partial charge in [0.2, 0.25) is 0 Å². The predicted molar refractivity (Wildman–Crippen MR) is 108 cm³/mol. The largest absolute Gasteiger partial charge is 0.484 e. The van der Waals surface area contributed by atoms with Crippen LogP contribution in [0, 0.1) is 0 Å². The number of rotatable bonds is 4. The normalized spacial score (nSPS) is 14.7. The quantitative estimate of drug-likeness (QED) is 0.591. The Labute approximate surface area is 175 Å². The van der Waals surface area contributed by atoms with Crippen LogP contribution in [0.4, 0.5) is 18.9 Å². The summed E-state index contributed by atoms with van der Waals surface area (Å²) < 4.78 is 49.4. The highest BCUT2D eigenvalue weighted by atomic mass is 19.4. The summed E-state index contributed by atoms with van der Waals surface area (Å²) in [6.45, 7) is 1.42. The molecule has 3 aromatic rings. The predicted octanol–water partition coefficient (Wildman–Crippen LogP) is 3.54. The molecule has 0 N–H and O–H groups in total. The number of alkyl halides is 3. The third-order valence-corrected chi connectivity index (χ3v) is 5.13. The van der Waals surface area contributed by atoms with Crippen molar-refractivity contribution in [1.82, 2.24) is 4.90 Å². The van der Waals surface area contributed by atoms with Crippen molar-refractivity contribution in [1.29, 1.82) is 0 Å². The molecule has 31 heavy (non-hydrogen) atoms. The molecular formula is C22H19F3N2O4. The van der Waals surface area contributed by atoms with Gasteiger partial charge in [0, 0.05) is 49.4 Å². The highest BCUT2D eigenvalue weighted by molar-refractivity contribution is 5.79. The van der Waals surface area contributed by atoms with Gasteiger partial charge < -0.3 is 19.0 Å². The monoisotopic (exact) mass is 432 g/mol. The number of fused-ring (bicyclic) bond motifs is 1. The van der Waals surface area contributed by atoms with E-state index in [-0.39, 0.29) is 12.5 Å². The van der Waals surface area contributed by atoms with Crippen LogP contribution < -0.4 is 15.3 Å². The molecule has 1 amide bonds. The molecule has 0 atom stereocenters. The molecule has 0 radical (unpaired) electrons. The summed E-state index contributed by atoms with van der Waals surface area (Å²) >= 11 is 0. The second-order valence-corrected chi connectivity index (χ2v) is 7.16. The van der Waals surface area contributed by atoms with Crippen molar-refractivity contribution >= 4 is 22.6 Å². The molecule has 9 heteroatoms. The molecule has 1 aliphatic rings. The topological polar surface area (TPSA) is 63.0 Å². The number of carbonyl (C=O) groups is 1. The van der Waals surface area contributed by atoms with Crippen molar-refractivity contribution in [2.45, 2.75) is 6.18 Å². The van der Waals surface area contributed by atoms with E-state index in [4.69, 9.17) is 9.15 Å². The SMILES string of the molecule is O=C(COc1ccc2ccc(=O)oc2c1)N1CCN(c2cccc(C(F)(F)F)c2)CC1. The Morgan fingerprint density at radius 2 is 1.74 bits per heavy atom. The van der Waals surface area contributed by atoms with Gasteiger partial charge in [0.25, 0.3) is 5.91 Å². The molecule has 0 saturated carbocycles. The van der Waals surface area contributed by atoms with Crippen LogP contribution in [0.5, 0.6) is 5.75 Å². The zero-order valence-corrected chi connectivity index (χ0v) is 16.4. The smallest absolute Gasteiger partial charge is 0.416 e. The summed E-state index contributed by atoms with van der Waals surface area (Å²) in [5.41, 5.74) is -0.314. The first kappa shape index (κ1) is 20.8. The molecule has 0 aliphatic carbocycles. The molecule has 162 valence electrons. The van der Waals surface area contributed by atoms with Gasteiger partial charge in [-0.05, 0) is 36.4 Å². The van der Waals surface area contributed by atoms with Gasteiger partial charge >= 0.3 is 11.8 Å². The maximum absolute atomic E-state index is 12.9. The van der Waals surface area contributed by atoms with Crippen LogP contribution in [0.25, 0.3) is 11.0 Å². The van der Waals surface area contributed by atoms with Crippen LogP contribution in [-0.2, 0) is 11.0 Å². The van der Waals surface area contributed by atoms with Crippen molar-refractivity contribution in [2.75, 3.05) is 37.7 Å². The Bertz CT molecular complexity index is 1150. The van der Waals surface area contributed by atoms with Gasteiger partial charge in [-0.1, -0.05) is 6.07 Å². The first-order valence-electron chi connectivity index (χ1n) is 9.66. The Morgan fingerprint density at radius 1 is 1.00 bits per heavy atom. The van der Waals surface area contributed by atoms with Crippen LogP contribution in [0.3, 0.4) is 0 Å². The highest BCUT2D eigenvalue weighted by Gasteiger charge is 2.31. The van der Waals surface area contributed by atoms with Gasteiger partial charge in [-0.3, -0.25) is 4.79 Å². The molecule has 1 saturated heterocycles. The standard InChI is InChI=1S/C22H19F3N2O4/c23-22(24,25)16-2-1-3-17(12-16)26-8-10-27(11-9-26)20(28)14-30-18-6-4-15-5-7-21(29)31-19(15)13-18/h1-7,12-13H,8-11,14H2. The maximum Gasteiger partial charge on any atom is 0.416 e. The molecule has 0 bridgehead atoms. The Morgan fingerprint density at radius 3 is 2.48 bits per heavy atom. The van der Waals surface area contributed by atoms with E-state index in [1.807, 2.05) is 4.90 Å². The molecule has 1 fully saturated rings. The van der Waals surface area contributed by atoms with E-state index in [2.05, 4.69) is 0 Å². The summed E-state index contributed by atoms with van der Waals surface area (Å²) in [6, 6.07) is 13.1. The number of hydrogen-bond donors (Lipinski definition) is 0. The van der Waals surface area contributed by atoms with Gasteiger partial charge in [0.15, 0.2) is 6.61 Å². The van der Waals surface area contributed by atoms with Crippen molar-refractivity contribution in [3.8, 4) is 5.75 Å². The number of nitrogens with zero attached hydrogens (tertiary/aromatic N) is 2. The lowest BCUT2D eigenvalue weighted by molar-refractivity contribution is -0.137. The van der Waals surface area contributed by atoms with E-state index in [1.165, 1.54) is 12.1 Å². The number of piperazine rings is 1. The molecule has 0 unspecified atom stereocenters. The molecule has 2 heterocycles. The third-order valence-electron chi connectivity index (χ3n) is 5.13. The van der Waals surface area contributed by atoms with E-state index in [9.17, 15) is 22.8 Å². The van der Waals surface area contributed by atoms with Crippen LogP contribution in [0.15, 0.2) is 63.8 Å². The minimum absolute atomic E-state index is 0.188. The van der Waals surface area contributed by atoms with Gasteiger partial charge in [-0.15, -0.1) is 0 Å². The zero-order valence-electron chi connectivity index (χ0n) is 16.4. The average molecular weight is 432 g/mol. The van der Waals surface area contributed by atoms with Gasteiger partial charge in [-0.25, -0.2) is 4.79 Å². The number of anilines is 1. The van der Waals surface area contributed by atoms with E-state index in [0.29, 0.717) is 43.2 Å². The summed E-state index contributed by atoms with van der Waals surface area (Å²) in [6.07, 6.45) is -4.39. The third kappa shape index (κ3) is 4.82. The fraction of sp³-hybridized carbons (Fsp3) is 0.273. The highest BCUT2D eigenvalue weighted by Crippen LogP contribution is 2.32. The lowest BCUT2D eigenvalue weighted by Gasteiger charge is -2.36. The average Bonchev–Trinajstić information content (AvgIpc) is 2.77. The summed E-state index contributed by atoms with van der Waals surface area (Å²) in [7, 11) is 0. The van der Waals surface area contributed by atoms with Crippen molar-refractivity contribution in [3.63, 3.8) is 0 Å². The Kier molecular flexibility index (Phi) is 5.58. The fourth-order valence-electron chi connectivity index (χ4n) is 3.46. The number of amides is 1. The van der Waals surface area contributed by atoms with Gasteiger partial charge in [0.1, 0.15) is 11.3 Å². The minimum atomic E-state index is -4.39. The lowest BCUT2D eigenvalue weighted by Crippen LogP contribution is -2.50. The molecule has 0 spiro atoms. The van der Waals surface area contributed by atoms with E-state index in [1.54, 1.807) is 35.2 Å². The lowest BCUT2D eigenvalue weighted by atomic mass is 10.1. The summed E-state index contributed by atoms with van der Waals surface area (Å²) in [4.78, 5) is 27.3. The first-order chi connectivity index (χ1) is 14.8. The number of carbonyl (C=O) groups excluding carboxylic acids is 1. The minimum Gasteiger partial charge on any atom is -0.484 e. The van der Waals surface area contributed by atoms with Crippen molar-refractivity contribution in [3.05, 3.63) is 70.6 Å². The van der Waals surface area contributed by atoms with Gasteiger partial charge in [0.05, 0.1) is 5.56 Å².